The van der Waals surface area contributed by atoms with E-state index in [9.17, 15) is 15.0 Å². The van der Waals surface area contributed by atoms with Gasteiger partial charge in [0.2, 0.25) is 5.91 Å². The van der Waals surface area contributed by atoms with E-state index in [-0.39, 0.29) is 0 Å². The number of hydrogen-bond donors (Lipinski definition) is 3. The number of aliphatic hydroxyl groups excluding tert-OH is 1. The first-order valence-corrected chi connectivity index (χ1v) is 7.71. The summed E-state index contributed by atoms with van der Waals surface area (Å²) in [5, 5.41) is 21.7. The van der Waals surface area contributed by atoms with Gasteiger partial charge in [-0.3, -0.25) is 4.79 Å². The molecule has 0 fully saturated rings. The second-order valence-electron chi connectivity index (χ2n) is 5.77. The predicted molar refractivity (Wildman–Crippen MR) is 81.2 cm³/mol. The summed E-state index contributed by atoms with van der Waals surface area (Å²) in [5.41, 5.74) is 4.54. The first-order valence-electron chi connectivity index (χ1n) is 6.83. The van der Waals surface area contributed by atoms with E-state index in [1.165, 1.54) is 4.88 Å². The van der Waals surface area contributed by atoms with E-state index in [0.29, 0.717) is 25.7 Å². The van der Waals surface area contributed by atoms with Crippen LogP contribution in [-0.4, -0.2) is 27.8 Å². The summed E-state index contributed by atoms with van der Waals surface area (Å²) in [6.07, 6.45) is 3.12. The van der Waals surface area contributed by atoms with E-state index in [1.807, 2.05) is 17.5 Å². The summed E-state index contributed by atoms with van der Waals surface area (Å²) < 4.78 is 0. The molecule has 0 aliphatic carbocycles. The zero-order chi connectivity index (χ0) is 15.2. The SMILES string of the molecule is CC(C)(O)CC[C@H](C[C@@H](O)[CH]Cc1cccs1)C(N)=O. The molecule has 1 heterocycles. The minimum absolute atomic E-state index is 0.316. The second kappa shape index (κ2) is 7.76. The number of rotatable bonds is 9. The van der Waals surface area contributed by atoms with Crippen molar-refractivity contribution in [1.29, 1.82) is 0 Å². The Balaban J connectivity index is 2.38. The maximum Gasteiger partial charge on any atom is 0.220 e. The second-order valence-corrected chi connectivity index (χ2v) is 6.80. The molecule has 2 atom stereocenters. The Hall–Kier alpha value is -0.910. The number of primary amides is 1. The smallest absolute Gasteiger partial charge is 0.220 e. The van der Waals surface area contributed by atoms with Crippen LogP contribution in [0.15, 0.2) is 17.5 Å². The summed E-state index contributed by atoms with van der Waals surface area (Å²) >= 11 is 1.64. The van der Waals surface area contributed by atoms with Crippen molar-refractivity contribution in [3.8, 4) is 0 Å². The number of nitrogens with two attached hydrogens (primary N) is 1. The van der Waals surface area contributed by atoms with Crippen LogP contribution in [0.5, 0.6) is 0 Å². The Kier molecular flexibility index (Phi) is 6.65. The maximum absolute atomic E-state index is 11.4. The third-order valence-corrected chi connectivity index (χ3v) is 4.10. The van der Waals surface area contributed by atoms with Gasteiger partial charge in [0.15, 0.2) is 0 Å². The van der Waals surface area contributed by atoms with Gasteiger partial charge in [-0.2, -0.15) is 0 Å². The zero-order valence-corrected chi connectivity index (χ0v) is 12.9. The first kappa shape index (κ1) is 17.1. The summed E-state index contributed by atoms with van der Waals surface area (Å²) in [6, 6.07) is 3.98. The standard InChI is InChI=1S/C15H24NO3S/c1-15(2,19)8-7-11(14(16)18)10-12(17)5-6-13-4-3-9-20-13/h3-5,9,11-12,17,19H,6-8,10H2,1-2H3,(H2,16,18)/t11-,12+/m1/s1. The molecule has 0 aliphatic rings. The van der Waals surface area contributed by atoms with Gasteiger partial charge >= 0.3 is 0 Å². The van der Waals surface area contributed by atoms with E-state index in [4.69, 9.17) is 5.73 Å². The molecule has 0 spiro atoms. The fourth-order valence-electron chi connectivity index (χ4n) is 1.97. The molecular formula is C15H24NO3S. The van der Waals surface area contributed by atoms with Crippen LogP contribution in [0.25, 0.3) is 0 Å². The van der Waals surface area contributed by atoms with E-state index in [0.717, 1.165) is 0 Å². The van der Waals surface area contributed by atoms with Gasteiger partial charge in [-0.1, -0.05) is 6.07 Å². The van der Waals surface area contributed by atoms with Crippen molar-refractivity contribution in [1.82, 2.24) is 0 Å². The molecule has 0 aliphatic heterocycles. The van der Waals surface area contributed by atoms with Gasteiger partial charge in [-0.05, 0) is 57.4 Å². The number of aliphatic hydroxyl groups is 2. The average molecular weight is 298 g/mol. The molecule has 0 bridgehead atoms. The summed E-state index contributed by atoms with van der Waals surface area (Å²) in [4.78, 5) is 12.6. The maximum atomic E-state index is 11.4. The van der Waals surface area contributed by atoms with Crippen molar-refractivity contribution in [3.05, 3.63) is 28.8 Å². The van der Waals surface area contributed by atoms with Gasteiger partial charge in [-0.25, -0.2) is 0 Å². The third kappa shape index (κ3) is 7.03. The molecular weight excluding hydrogens is 274 g/mol. The first-order chi connectivity index (χ1) is 9.28. The lowest BCUT2D eigenvalue weighted by Crippen LogP contribution is -2.30. The largest absolute Gasteiger partial charge is 0.393 e. The number of carbonyl (C=O) groups excluding carboxylic acids is 1. The molecule has 0 saturated heterocycles. The van der Waals surface area contributed by atoms with Crippen molar-refractivity contribution >= 4 is 17.2 Å². The van der Waals surface area contributed by atoms with Crippen LogP contribution >= 0.6 is 11.3 Å². The monoisotopic (exact) mass is 298 g/mol. The Morgan fingerprint density at radius 3 is 2.75 bits per heavy atom. The van der Waals surface area contributed by atoms with Crippen molar-refractivity contribution in [2.45, 2.75) is 51.2 Å². The van der Waals surface area contributed by atoms with Gasteiger partial charge in [0.25, 0.3) is 0 Å². The number of hydrogen-bond acceptors (Lipinski definition) is 4. The molecule has 1 radical (unpaired) electrons. The molecule has 4 N–H and O–H groups in total. The molecule has 113 valence electrons. The molecule has 4 nitrogen and oxygen atoms in total. The van der Waals surface area contributed by atoms with E-state index >= 15 is 0 Å². The van der Waals surface area contributed by atoms with Crippen LogP contribution in [-0.2, 0) is 11.2 Å². The van der Waals surface area contributed by atoms with Crippen LogP contribution in [0.4, 0.5) is 0 Å². The number of amides is 1. The van der Waals surface area contributed by atoms with Crippen LogP contribution < -0.4 is 5.73 Å². The zero-order valence-electron chi connectivity index (χ0n) is 12.1. The van der Waals surface area contributed by atoms with Crippen molar-refractivity contribution in [3.63, 3.8) is 0 Å². The Morgan fingerprint density at radius 2 is 2.25 bits per heavy atom. The average Bonchev–Trinajstić information content (AvgIpc) is 2.83. The topological polar surface area (TPSA) is 83.6 Å². The van der Waals surface area contributed by atoms with Crippen LogP contribution in [0.2, 0.25) is 0 Å². The quantitative estimate of drug-likeness (QED) is 0.651. The van der Waals surface area contributed by atoms with E-state index in [2.05, 4.69) is 0 Å². The van der Waals surface area contributed by atoms with Crippen LogP contribution in [0.1, 0.15) is 38.0 Å². The Labute approximate surface area is 124 Å². The van der Waals surface area contributed by atoms with Crippen LogP contribution in [0.3, 0.4) is 0 Å². The fraction of sp³-hybridized carbons (Fsp3) is 0.600. The molecule has 1 aromatic rings. The number of carbonyl (C=O) groups is 1. The van der Waals surface area contributed by atoms with Crippen molar-refractivity contribution in [2.24, 2.45) is 11.7 Å². The van der Waals surface area contributed by atoms with Gasteiger partial charge in [0, 0.05) is 10.8 Å². The Bertz CT molecular complexity index is 398. The molecule has 0 unspecified atom stereocenters. The normalized spacial score (nSPS) is 15.0. The third-order valence-electron chi connectivity index (χ3n) is 3.20. The van der Waals surface area contributed by atoms with Gasteiger partial charge < -0.3 is 15.9 Å². The highest BCUT2D eigenvalue weighted by Gasteiger charge is 2.23. The van der Waals surface area contributed by atoms with Gasteiger partial charge in [0.05, 0.1) is 11.7 Å². The van der Waals surface area contributed by atoms with Gasteiger partial charge in [0.1, 0.15) is 0 Å². The summed E-state index contributed by atoms with van der Waals surface area (Å²) in [5.74, 6) is -0.825. The minimum Gasteiger partial charge on any atom is -0.393 e. The molecule has 0 aromatic carbocycles. The highest BCUT2D eigenvalue weighted by molar-refractivity contribution is 7.09. The molecule has 0 saturated carbocycles. The molecule has 1 amide bonds. The molecule has 1 aromatic heterocycles. The van der Waals surface area contributed by atoms with E-state index < -0.39 is 23.5 Å². The molecule has 1 rings (SSSR count). The number of thiophene rings is 1. The lowest BCUT2D eigenvalue weighted by atomic mass is 9.89. The fourth-order valence-corrected chi connectivity index (χ4v) is 2.65. The van der Waals surface area contributed by atoms with Crippen molar-refractivity contribution in [2.75, 3.05) is 0 Å². The van der Waals surface area contributed by atoms with E-state index in [1.54, 1.807) is 31.6 Å². The Morgan fingerprint density at radius 1 is 1.55 bits per heavy atom. The molecule has 20 heavy (non-hydrogen) atoms. The lowest BCUT2D eigenvalue weighted by molar-refractivity contribution is -0.123. The summed E-state index contributed by atoms with van der Waals surface area (Å²) in [7, 11) is 0. The lowest BCUT2D eigenvalue weighted by Gasteiger charge is -2.22. The van der Waals surface area contributed by atoms with Crippen LogP contribution in [0, 0.1) is 12.3 Å². The minimum atomic E-state index is -0.820. The predicted octanol–water partition coefficient (Wildman–Crippen LogP) is 1.90. The van der Waals surface area contributed by atoms with Gasteiger partial charge in [-0.15, -0.1) is 11.3 Å². The highest BCUT2D eigenvalue weighted by Crippen LogP contribution is 2.21. The summed E-state index contributed by atoms with van der Waals surface area (Å²) in [6.45, 7) is 3.40. The molecule has 5 heteroatoms. The van der Waals surface area contributed by atoms with Crippen molar-refractivity contribution < 1.29 is 15.0 Å². The highest BCUT2D eigenvalue weighted by atomic mass is 32.1.